The monoisotopic (exact) mass is 535 g/mol. The van der Waals surface area contributed by atoms with Gasteiger partial charge in [0.15, 0.2) is 11.4 Å². The van der Waals surface area contributed by atoms with E-state index in [1.54, 1.807) is 24.3 Å². The number of esters is 2. The minimum atomic E-state index is -2.39. The van der Waals surface area contributed by atoms with Crippen LogP contribution in [0.5, 0.6) is 0 Å². The number of rotatable bonds is 9. The van der Waals surface area contributed by atoms with Gasteiger partial charge >= 0.3 is 11.9 Å². The normalized spacial score (nSPS) is 17.3. The summed E-state index contributed by atoms with van der Waals surface area (Å²) in [6.07, 6.45) is -0.668. The third-order valence-corrected chi connectivity index (χ3v) is 6.76. The van der Waals surface area contributed by atoms with Crippen molar-refractivity contribution in [2.24, 2.45) is 5.41 Å². The Morgan fingerprint density at radius 2 is 1.44 bits per heavy atom. The van der Waals surface area contributed by atoms with Gasteiger partial charge in [-0.05, 0) is 36.8 Å². The van der Waals surface area contributed by atoms with Gasteiger partial charge in [-0.1, -0.05) is 54.6 Å². The van der Waals surface area contributed by atoms with E-state index in [0.717, 1.165) is 36.8 Å². The number of halogens is 2. The maximum absolute atomic E-state index is 14.0. The zero-order chi connectivity index (χ0) is 28.2. The van der Waals surface area contributed by atoms with Crippen molar-refractivity contribution in [2.45, 2.75) is 32.4 Å². The van der Waals surface area contributed by atoms with Crippen LogP contribution in [0.4, 0.5) is 8.78 Å². The van der Waals surface area contributed by atoms with Crippen molar-refractivity contribution in [3.05, 3.63) is 107 Å². The average molecular weight is 536 g/mol. The molecule has 1 unspecified atom stereocenters. The molecule has 1 fully saturated rings. The molecule has 1 heterocycles. The van der Waals surface area contributed by atoms with Gasteiger partial charge in [0.2, 0.25) is 11.3 Å². The summed E-state index contributed by atoms with van der Waals surface area (Å²) in [6, 6.07) is 18.7. The second-order valence-electron chi connectivity index (χ2n) is 9.31. The van der Waals surface area contributed by atoms with Crippen molar-refractivity contribution in [3.8, 4) is 0 Å². The molecule has 0 radical (unpaired) electrons. The quantitative estimate of drug-likeness (QED) is 0.300. The van der Waals surface area contributed by atoms with Crippen LogP contribution in [0.1, 0.15) is 37.0 Å². The summed E-state index contributed by atoms with van der Waals surface area (Å²) in [5.74, 6) is -4.61. The number of carbonyl (C=O) groups excluding carboxylic acids is 4. The first-order valence-electron chi connectivity index (χ1n) is 12.4. The van der Waals surface area contributed by atoms with Crippen molar-refractivity contribution in [1.82, 2.24) is 4.90 Å². The van der Waals surface area contributed by atoms with Crippen LogP contribution in [0.3, 0.4) is 0 Å². The van der Waals surface area contributed by atoms with Gasteiger partial charge in [-0.15, -0.1) is 0 Å². The van der Waals surface area contributed by atoms with Gasteiger partial charge in [0.25, 0.3) is 0 Å². The van der Waals surface area contributed by atoms with Crippen LogP contribution in [0, 0.1) is 17.0 Å². The molecule has 9 heteroatoms. The lowest BCUT2D eigenvalue weighted by molar-refractivity contribution is -0.174. The summed E-state index contributed by atoms with van der Waals surface area (Å²) in [6.45, 7) is 2.22. The number of Topliss-reactive ketones (excluding diaryl/α,β-unsaturated/α-hetero) is 1. The molecule has 1 saturated heterocycles. The Bertz CT molecular complexity index is 1330. The maximum Gasteiger partial charge on any atom is 0.329 e. The van der Waals surface area contributed by atoms with Gasteiger partial charge < -0.3 is 14.4 Å². The van der Waals surface area contributed by atoms with Crippen LogP contribution in [-0.4, -0.2) is 41.7 Å². The number of ether oxygens (including phenoxy) is 2. The van der Waals surface area contributed by atoms with Gasteiger partial charge in [0.1, 0.15) is 11.6 Å². The fourth-order valence-electron chi connectivity index (χ4n) is 4.98. The fraction of sp³-hybridized carbons (Fsp3) is 0.267. The van der Waals surface area contributed by atoms with Gasteiger partial charge in [-0.3, -0.25) is 19.2 Å². The Morgan fingerprint density at radius 1 is 0.897 bits per heavy atom. The predicted molar refractivity (Wildman–Crippen MR) is 136 cm³/mol. The number of hydrogen-bond acceptors (Lipinski definition) is 6. The number of hydrogen-bond donors (Lipinski definition) is 0. The second kappa shape index (κ2) is 11.1. The number of likely N-dealkylation sites (tertiary alicyclic amines) is 1. The van der Waals surface area contributed by atoms with Gasteiger partial charge in [0, 0.05) is 31.0 Å². The lowest BCUT2D eigenvalue weighted by Crippen LogP contribution is -2.51. The standard InChI is InChI=1S/C30H27F2NO6/c1-3-38-28(37)29(26(35)18-33(27(29)36)17-21-7-5-4-6-8-21)19-30(39-20(2)34,22-9-13-24(31)14-10-22)23-11-15-25(32)16-12-23/h4-16H,3,17-19H2,1-2H3. The first-order chi connectivity index (χ1) is 18.6. The smallest absolute Gasteiger partial charge is 0.329 e. The van der Waals surface area contributed by atoms with Crippen molar-refractivity contribution in [3.63, 3.8) is 0 Å². The summed E-state index contributed by atoms with van der Waals surface area (Å²) in [5.41, 5.74) is -3.24. The Labute approximate surface area is 224 Å². The Hall–Kier alpha value is -4.40. The van der Waals surface area contributed by atoms with Crippen LogP contribution in [0.15, 0.2) is 78.9 Å². The third kappa shape index (κ3) is 5.30. The van der Waals surface area contributed by atoms with E-state index < -0.39 is 52.7 Å². The summed E-state index contributed by atoms with van der Waals surface area (Å²) >= 11 is 0. The second-order valence-corrected chi connectivity index (χ2v) is 9.31. The molecule has 0 saturated carbocycles. The van der Waals surface area contributed by atoms with Crippen molar-refractivity contribution in [2.75, 3.05) is 13.2 Å². The number of carbonyl (C=O) groups is 4. The van der Waals surface area contributed by atoms with Crippen molar-refractivity contribution >= 4 is 23.6 Å². The van der Waals surface area contributed by atoms with E-state index in [4.69, 9.17) is 9.47 Å². The topological polar surface area (TPSA) is 90.0 Å². The molecule has 0 spiro atoms. The lowest BCUT2D eigenvalue weighted by Gasteiger charge is -2.39. The average Bonchev–Trinajstić information content (AvgIpc) is 3.14. The summed E-state index contributed by atoms with van der Waals surface area (Å²) < 4.78 is 39.0. The molecule has 39 heavy (non-hydrogen) atoms. The zero-order valence-corrected chi connectivity index (χ0v) is 21.5. The zero-order valence-electron chi connectivity index (χ0n) is 21.5. The molecule has 1 amide bonds. The minimum absolute atomic E-state index is 0.0558. The maximum atomic E-state index is 14.0. The van der Waals surface area contributed by atoms with Crippen LogP contribution >= 0.6 is 0 Å². The summed E-state index contributed by atoms with van der Waals surface area (Å²) in [4.78, 5) is 55.1. The molecular weight excluding hydrogens is 508 g/mol. The van der Waals surface area contributed by atoms with E-state index in [2.05, 4.69) is 0 Å². The number of nitrogens with zero attached hydrogens (tertiary/aromatic N) is 1. The lowest BCUT2D eigenvalue weighted by atomic mass is 9.69. The Kier molecular flexibility index (Phi) is 7.90. The largest absolute Gasteiger partial charge is 0.465 e. The van der Waals surface area contributed by atoms with E-state index in [9.17, 15) is 28.0 Å². The summed E-state index contributed by atoms with van der Waals surface area (Å²) in [7, 11) is 0. The molecule has 1 aliphatic heterocycles. The van der Waals surface area contributed by atoms with Gasteiger partial charge in [-0.25, -0.2) is 8.78 Å². The van der Waals surface area contributed by atoms with Crippen LogP contribution in [-0.2, 0) is 40.8 Å². The molecule has 0 N–H and O–H groups in total. The summed E-state index contributed by atoms with van der Waals surface area (Å²) in [5, 5.41) is 0. The van der Waals surface area contributed by atoms with Crippen molar-refractivity contribution in [1.29, 1.82) is 0 Å². The molecule has 202 valence electrons. The minimum Gasteiger partial charge on any atom is -0.465 e. The fourth-order valence-corrected chi connectivity index (χ4v) is 4.98. The molecule has 1 aliphatic rings. The Balaban J connectivity index is 1.92. The SMILES string of the molecule is CCOC(=O)C1(CC(OC(C)=O)(c2ccc(F)cc2)c2ccc(F)cc2)C(=O)CN(Cc2ccccc2)C1=O. The number of benzene rings is 3. The highest BCUT2D eigenvalue weighted by Crippen LogP contribution is 2.48. The Morgan fingerprint density at radius 3 is 1.92 bits per heavy atom. The molecule has 3 aromatic rings. The van der Waals surface area contributed by atoms with Gasteiger partial charge in [0.05, 0.1) is 13.2 Å². The van der Waals surface area contributed by atoms with E-state index in [0.29, 0.717) is 0 Å². The molecule has 4 rings (SSSR count). The predicted octanol–water partition coefficient (Wildman–Crippen LogP) is 4.32. The van der Waals surface area contributed by atoms with Crippen LogP contribution in [0.2, 0.25) is 0 Å². The molecule has 3 aromatic carbocycles. The third-order valence-electron chi connectivity index (χ3n) is 6.76. The van der Waals surface area contributed by atoms with E-state index >= 15 is 0 Å². The number of amides is 1. The molecule has 0 aliphatic carbocycles. The van der Waals surface area contributed by atoms with E-state index in [1.807, 2.05) is 6.07 Å². The van der Waals surface area contributed by atoms with Crippen LogP contribution < -0.4 is 0 Å². The molecule has 0 bridgehead atoms. The molecular formula is C30H27F2NO6. The highest BCUT2D eigenvalue weighted by Gasteiger charge is 2.64. The van der Waals surface area contributed by atoms with Crippen LogP contribution in [0.25, 0.3) is 0 Å². The number of ketones is 1. The molecule has 7 nitrogen and oxygen atoms in total. The first kappa shape index (κ1) is 27.6. The highest BCUT2D eigenvalue weighted by atomic mass is 19.1. The highest BCUT2D eigenvalue weighted by molar-refractivity contribution is 6.26. The van der Waals surface area contributed by atoms with E-state index in [-0.39, 0.29) is 30.8 Å². The molecule has 0 aromatic heterocycles. The van der Waals surface area contributed by atoms with E-state index in [1.165, 1.54) is 36.1 Å². The molecule has 1 atom stereocenters. The van der Waals surface area contributed by atoms with Crippen molar-refractivity contribution < 1.29 is 37.4 Å². The van der Waals surface area contributed by atoms with Gasteiger partial charge in [-0.2, -0.15) is 0 Å². The first-order valence-corrected chi connectivity index (χ1v) is 12.4.